The molecule has 2 aromatic heterocycles. The van der Waals surface area contributed by atoms with E-state index in [1.54, 1.807) is 13.2 Å². The summed E-state index contributed by atoms with van der Waals surface area (Å²) in [7, 11) is 1.56. The molecular formula is C12H15ClN4O2. The maximum Gasteiger partial charge on any atom is 0.216 e. The molecule has 1 N–H and O–H groups in total. The van der Waals surface area contributed by atoms with E-state index in [0.717, 1.165) is 11.3 Å². The van der Waals surface area contributed by atoms with Crippen LogP contribution in [0.1, 0.15) is 12.7 Å². The minimum Gasteiger partial charge on any atom is -0.481 e. The number of hydrogen-bond acceptors (Lipinski definition) is 4. The number of carbonyl (C=O) groups is 1. The average Bonchev–Trinajstić information content (AvgIpc) is 2.75. The van der Waals surface area contributed by atoms with Crippen LogP contribution >= 0.6 is 11.6 Å². The Hall–Kier alpha value is -1.82. The first kappa shape index (κ1) is 13.6. The Balaban J connectivity index is 2.34. The van der Waals surface area contributed by atoms with Crippen molar-refractivity contribution < 1.29 is 9.53 Å². The summed E-state index contributed by atoms with van der Waals surface area (Å²) in [6.07, 6.45) is 0. The third-order valence-electron chi connectivity index (χ3n) is 2.68. The maximum absolute atomic E-state index is 10.9. The number of alkyl halides is 1. The van der Waals surface area contributed by atoms with Gasteiger partial charge in [0.15, 0.2) is 5.65 Å². The van der Waals surface area contributed by atoms with Crippen LogP contribution in [-0.4, -0.2) is 34.1 Å². The molecule has 0 saturated heterocycles. The minimum atomic E-state index is -0.0672. The van der Waals surface area contributed by atoms with Crippen LogP contribution in [0.4, 0.5) is 0 Å². The molecule has 0 aliphatic heterocycles. The normalized spacial score (nSPS) is 10.7. The summed E-state index contributed by atoms with van der Waals surface area (Å²) < 4.78 is 7.00. The molecule has 2 aromatic rings. The van der Waals surface area contributed by atoms with Crippen molar-refractivity contribution in [1.82, 2.24) is 19.9 Å². The zero-order valence-electron chi connectivity index (χ0n) is 10.8. The first-order chi connectivity index (χ1) is 9.15. The number of amides is 1. The first-order valence-electron chi connectivity index (χ1n) is 5.86. The summed E-state index contributed by atoms with van der Waals surface area (Å²) in [6.45, 7) is 2.55. The Kier molecular flexibility index (Phi) is 4.21. The van der Waals surface area contributed by atoms with Crippen molar-refractivity contribution in [1.29, 1.82) is 0 Å². The number of methoxy groups -OCH3 is 1. The quantitative estimate of drug-likeness (QED) is 0.840. The van der Waals surface area contributed by atoms with Crippen molar-refractivity contribution in [3.05, 3.63) is 18.0 Å². The molecule has 0 aliphatic carbocycles. The lowest BCUT2D eigenvalue weighted by Gasteiger charge is -2.07. The van der Waals surface area contributed by atoms with Crippen LogP contribution in [0.3, 0.4) is 0 Å². The molecule has 0 aliphatic rings. The van der Waals surface area contributed by atoms with Gasteiger partial charge < -0.3 is 14.6 Å². The molecule has 102 valence electrons. The number of aromatic nitrogens is 3. The molecule has 0 fully saturated rings. The summed E-state index contributed by atoms with van der Waals surface area (Å²) in [5, 5.41) is 2.74. The Bertz CT molecular complexity index is 597. The fourth-order valence-electron chi connectivity index (χ4n) is 1.83. The maximum atomic E-state index is 10.9. The number of carbonyl (C=O) groups excluding carboxylic acids is 1. The van der Waals surface area contributed by atoms with Crippen molar-refractivity contribution in [3.63, 3.8) is 0 Å². The molecular weight excluding hydrogens is 268 g/mol. The summed E-state index contributed by atoms with van der Waals surface area (Å²) in [4.78, 5) is 19.7. The van der Waals surface area contributed by atoms with Gasteiger partial charge in [-0.2, -0.15) is 4.98 Å². The van der Waals surface area contributed by atoms with Crippen molar-refractivity contribution >= 4 is 28.7 Å². The Morgan fingerprint density at radius 3 is 2.89 bits per heavy atom. The number of ether oxygens (including phenoxy) is 1. The lowest BCUT2D eigenvalue weighted by Crippen LogP contribution is -2.25. The van der Waals surface area contributed by atoms with E-state index in [0.29, 0.717) is 30.5 Å². The largest absolute Gasteiger partial charge is 0.481 e. The minimum absolute atomic E-state index is 0.0672. The Morgan fingerprint density at radius 1 is 1.47 bits per heavy atom. The van der Waals surface area contributed by atoms with Crippen LogP contribution in [0.25, 0.3) is 11.2 Å². The molecule has 0 aromatic carbocycles. The molecule has 7 heteroatoms. The zero-order valence-corrected chi connectivity index (χ0v) is 11.6. The van der Waals surface area contributed by atoms with Gasteiger partial charge in [0, 0.05) is 26.1 Å². The smallest absolute Gasteiger partial charge is 0.216 e. The number of halogens is 1. The highest BCUT2D eigenvalue weighted by Crippen LogP contribution is 2.18. The second-order valence-corrected chi connectivity index (χ2v) is 4.26. The summed E-state index contributed by atoms with van der Waals surface area (Å²) in [5.41, 5.74) is 1.47. The van der Waals surface area contributed by atoms with E-state index < -0.39 is 0 Å². The number of hydrogen-bond donors (Lipinski definition) is 1. The zero-order chi connectivity index (χ0) is 13.8. The lowest BCUT2D eigenvalue weighted by atomic mass is 10.4. The monoisotopic (exact) mass is 282 g/mol. The highest BCUT2D eigenvalue weighted by molar-refractivity contribution is 6.16. The van der Waals surface area contributed by atoms with Crippen LogP contribution in [0, 0.1) is 0 Å². The van der Waals surface area contributed by atoms with E-state index in [-0.39, 0.29) is 5.91 Å². The van der Waals surface area contributed by atoms with Gasteiger partial charge in [-0.25, -0.2) is 4.98 Å². The van der Waals surface area contributed by atoms with E-state index in [1.807, 2.05) is 10.6 Å². The van der Waals surface area contributed by atoms with Crippen LogP contribution in [0.5, 0.6) is 5.88 Å². The van der Waals surface area contributed by atoms with Crippen molar-refractivity contribution in [2.75, 3.05) is 13.7 Å². The molecule has 0 atom stereocenters. The Morgan fingerprint density at radius 2 is 2.26 bits per heavy atom. The summed E-state index contributed by atoms with van der Waals surface area (Å²) in [5.74, 6) is 1.47. The van der Waals surface area contributed by atoms with Gasteiger partial charge in [-0.15, -0.1) is 11.6 Å². The molecule has 2 heterocycles. The number of fused-ring (bicyclic) bond motifs is 1. The third kappa shape index (κ3) is 2.96. The number of nitrogens with zero attached hydrogens (tertiary/aromatic N) is 3. The van der Waals surface area contributed by atoms with Gasteiger partial charge in [0.2, 0.25) is 11.8 Å². The molecule has 19 heavy (non-hydrogen) atoms. The van der Waals surface area contributed by atoms with Crippen molar-refractivity contribution in [2.24, 2.45) is 0 Å². The fraction of sp³-hybridized carbons (Fsp3) is 0.417. The summed E-state index contributed by atoms with van der Waals surface area (Å²) >= 11 is 5.89. The second-order valence-electron chi connectivity index (χ2n) is 3.99. The Labute approximate surface area is 115 Å². The molecule has 0 saturated carbocycles. The molecule has 0 bridgehead atoms. The number of pyridine rings is 1. The lowest BCUT2D eigenvalue weighted by molar-refractivity contribution is -0.118. The third-order valence-corrected chi connectivity index (χ3v) is 2.92. The van der Waals surface area contributed by atoms with E-state index >= 15 is 0 Å². The van der Waals surface area contributed by atoms with Crippen LogP contribution in [-0.2, 0) is 17.2 Å². The SMILES string of the molecule is COc1ccc2nc(CCl)n(CCNC(C)=O)c2n1. The average molecular weight is 283 g/mol. The molecule has 6 nitrogen and oxygen atoms in total. The van der Waals surface area contributed by atoms with Crippen LogP contribution in [0.2, 0.25) is 0 Å². The van der Waals surface area contributed by atoms with Gasteiger partial charge >= 0.3 is 0 Å². The standard InChI is InChI=1S/C12H15ClN4O2/c1-8(18)14-5-6-17-10(7-13)15-9-3-4-11(19-2)16-12(9)17/h3-4H,5-7H2,1-2H3,(H,14,18). The highest BCUT2D eigenvalue weighted by atomic mass is 35.5. The van der Waals surface area contributed by atoms with Gasteiger partial charge in [-0.05, 0) is 6.07 Å². The topological polar surface area (TPSA) is 69.0 Å². The first-order valence-corrected chi connectivity index (χ1v) is 6.39. The molecule has 0 spiro atoms. The molecule has 1 amide bonds. The van der Waals surface area contributed by atoms with Gasteiger partial charge in [-0.1, -0.05) is 0 Å². The molecule has 0 radical (unpaired) electrons. The molecule has 2 rings (SSSR count). The van der Waals surface area contributed by atoms with Gasteiger partial charge in [-0.3, -0.25) is 4.79 Å². The van der Waals surface area contributed by atoms with Gasteiger partial charge in [0.05, 0.1) is 13.0 Å². The van der Waals surface area contributed by atoms with E-state index in [2.05, 4.69) is 15.3 Å². The van der Waals surface area contributed by atoms with E-state index in [4.69, 9.17) is 16.3 Å². The number of rotatable bonds is 5. The van der Waals surface area contributed by atoms with Crippen LogP contribution in [0.15, 0.2) is 12.1 Å². The highest BCUT2D eigenvalue weighted by Gasteiger charge is 2.12. The van der Waals surface area contributed by atoms with E-state index in [9.17, 15) is 4.79 Å². The second kappa shape index (κ2) is 5.88. The fourth-order valence-corrected chi connectivity index (χ4v) is 2.03. The molecule has 0 unspecified atom stereocenters. The van der Waals surface area contributed by atoms with Gasteiger partial charge in [0.1, 0.15) is 11.3 Å². The predicted octanol–water partition coefficient (Wildman–Crippen LogP) is 1.31. The van der Waals surface area contributed by atoms with Crippen molar-refractivity contribution in [3.8, 4) is 5.88 Å². The number of imidazole rings is 1. The van der Waals surface area contributed by atoms with Crippen molar-refractivity contribution in [2.45, 2.75) is 19.3 Å². The van der Waals surface area contributed by atoms with Gasteiger partial charge in [0.25, 0.3) is 0 Å². The summed E-state index contributed by atoms with van der Waals surface area (Å²) in [6, 6.07) is 3.59. The van der Waals surface area contributed by atoms with E-state index in [1.165, 1.54) is 6.92 Å². The predicted molar refractivity (Wildman–Crippen MR) is 72.3 cm³/mol. The number of nitrogens with one attached hydrogen (secondary N) is 1. The van der Waals surface area contributed by atoms with Crippen LogP contribution < -0.4 is 10.1 Å².